The maximum absolute atomic E-state index is 13.5. The number of nitrogens with zero attached hydrogens (tertiary/aromatic N) is 1. The molecule has 1 N–H and O–H groups in total. The highest BCUT2D eigenvalue weighted by molar-refractivity contribution is 9.10. The summed E-state index contributed by atoms with van der Waals surface area (Å²) in [6.07, 6.45) is 1.02. The summed E-state index contributed by atoms with van der Waals surface area (Å²) in [6, 6.07) is 7.79. The van der Waals surface area contributed by atoms with Crippen molar-refractivity contribution < 1.29 is 23.4 Å². The van der Waals surface area contributed by atoms with E-state index in [4.69, 9.17) is 9.47 Å². The van der Waals surface area contributed by atoms with Crippen LogP contribution in [0, 0.1) is 11.6 Å². The molecule has 24 heavy (non-hydrogen) atoms. The minimum atomic E-state index is -0.784. The van der Waals surface area contributed by atoms with Gasteiger partial charge in [-0.2, -0.15) is 0 Å². The Hall–Kier alpha value is -1.22. The molecule has 1 atom stereocenters. The molecule has 0 spiro atoms. The zero-order valence-corrected chi connectivity index (χ0v) is 15.0. The van der Waals surface area contributed by atoms with E-state index in [0.717, 1.165) is 17.2 Å². The highest BCUT2D eigenvalue weighted by Crippen LogP contribution is 2.25. The summed E-state index contributed by atoms with van der Waals surface area (Å²) in [5, 5.41) is 10.6. The number of aliphatic hydroxyl groups is 1. The molecule has 130 valence electrons. The van der Waals surface area contributed by atoms with Gasteiger partial charge in [0.2, 0.25) is 0 Å². The summed E-state index contributed by atoms with van der Waals surface area (Å²) in [7, 11) is 0. The minimum absolute atomic E-state index is 0.0183. The second kappa shape index (κ2) is 9.93. The normalized spacial score (nSPS) is 12.2. The van der Waals surface area contributed by atoms with Gasteiger partial charge in [0.25, 0.3) is 0 Å². The predicted octanol–water partition coefficient (Wildman–Crippen LogP) is 3.67. The first-order chi connectivity index (χ1) is 11.6. The van der Waals surface area contributed by atoms with E-state index in [-0.39, 0.29) is 19.8 Å². The molecule has 8 heteroatoms. The molecule has 0 aliphatic carbocycles. The van der Waals surface area contributed by atoms with Crippen LogP contribution in [0.15, 0.2) is 46.0 Å². The number of ether oxygens (including phenoxy) is 2. The van der Waals surface area contributed by atoms with Gasteiger partial charge in [-0.1, -0.05) is 22.0 Å². The first-order valence-electron chi connectivity index (χ1n) is 7.13. The van der Waals surface area contributed by atoms with Gasteiger partial charge in [-0.3, -0.25) is 0 Å². The molecular weight excluding hydrogens is 404 g/mol. The van der Waals surface area contributed by atoms with Crippen molar-refractivity contribution in [1.29, 1.82) is 0 Å². The Labute approximate surface area is 151 Å². The molecule has 0 amide bonds. The quantitative estimate of drug-likeness (QED) is 0.496. The molecular formula is C16H16BrF2NO3S. The van der Waals surface area contributed by atoms with Gasteiger partial charge >= 0.3 is 0 Å². The summed E-state index contributed by atoms with van der Waals surface area (Å²) in [6.45, 7) is 0.199. The van der Waals surface area contributed by atoms with E-state index >= 15 is 0 Å². The Morgan fingerprint density at radius 3 is 2.62 bits per heavy atom. The van der Waals surface area contributed by atoms with Crippen LogP contribution in [0.1, 0.15) is 0 Å². The van der Waals surface area contributed by atoms with Gasteiger partial charge in [0.05, 0.1) is 24.3 Å². The Kier molecular flexibility index (Phi) is 7.90. The van der Waals surface area contributed by atoms with E-state index in [2.05, 4.69) is 20.9 Å². The second-order valence-electron chi connectivity index (χ2n) is 4.75. The number of thioether (sulfide) groups is 1. The van der Waals surface area contributed by atoms with E-state index in [0.29, 0.717) is 10.2 Å². The fraction of sp³-hybridized carbons (Fsp3) is 0.312. The van der Waals surface area contributed by atoms with Crippen LogP contribution in [0.25, 0.3) is 0 Å². The van der Waals surface area contributed by atoms with Crippen molar-refractivity contribution in [3.63, 3.8) is 0 Å². The standard InChI is InChI=1S/C16H16BrF2NO3S/c17-11-7-13(18)16(14(19)8-11)23-6-5-22-9-12(21)10-24-15-3-1-2-4-20-15/h1-4,7-8,12,21H,5-6,9-10H2/t12-/m0/s1. The summed E-state index contributed by atoms with van der Waals surface area (Å²) in [5.41, 5.74) is 0. The van der Waals surface area contributed by atoms with Crippen LogP contribution in [-0.2, 0) is 4.74 Å². The lowest BCUT2D eigenvalue weighted by molar-refractivity contribution is 0.0338. The molecule has 0 aliphatic heterocycles. The fourth-order valence-electron chi connectivity index (χ4n) is 1.75. The first-order valence-corrected chi connectivity index (χ1v) is 8.91. The number of pyridine rings is 1. The summed E-state index contributed by atoms with van der Waals surface area (Å²) >= 11 is 4.41. The average molecular weight is 420 g/mol. The number of benzene rings is 1. The Morgan fingerprint density at radius 1 is 1.21 bits per heavy atom. The smallest absolute Gasteiger partial charge is 0.190 e. The lowest BCUT2D eigenvalue weighted by Gasteiger charge is -2.12. The van der Waals surface area contributed by atoms with E-state index in [1.54, 1.807) is 6.20 Å². The number of hydrogen-bond acceptors (Lipinski definition) is 5. The molecule has 0 unspecified atom stereocenters. The molecule has 0 bridgehead atoms. The molecule has 0 aliphatic rings. The van der Waals surface area contributed by atoms with E-state index in [1.165, 1.54) is 11.8 Å². The van der Waals surface area contributed by atoms with Crippen LogP contribution in [0.5, 0.6) is 5.75 Å². The van der Waals surface area contributed by atoms with E-state index in [1.807, 2.05) is 18.2 Å². The maximum atomic E-state index is 13.5. The monoisotopic (exact) mass is 419 g/mol. The first kappa shape index (κ1) is 19.1. The van der Waals surface area contributed by atoms with Crippen molar-refractivity contribution in [3.05, 3.63) is 52.6 Å². The van der Waals surface area contributed by atoms with Crippen LogP contribution < -0.4 is 4.74 Å². The predicted molar refractivity (Wildman–Crippen MR) is 91.3 cm³/mol. The van der Waals surface area contributed by atoms with Crippen molar-refractivity contribution in [2.24, 2.45) is 0 Å². The van der Waals surface area contributed by atoms with Gasteiger partial charge in [-0.15, -0.1) is 11.8 Å². The van der Waals surface area contributed by atoms with Crippen molar-refractivity contribution in [2.75, 3.05) is 25.6 Å². The van der Waals surface area contributed by atoms with Gasteiger partial charge in [0.1, 0.15) is 6.61 Å². The second-order valence-corrected chi connectivity index (χ2v) is 6.71. The summed E-state index contributed by atoms with van der Waals surface area (Å²) in [5.74, 6) is -1.57. The molecule has 1 heterocycles. The van der Waals surface area contributed by atoms with Crippen LogP contribution in [-0.4, -0.2) is 41.8 Å². The van der Waals surface area contributed by atoms with Gasteiger partial charge in [-0.05, 0) is 24.3 Å². The van der Waals surface area contributed by atoms with E-state index < -0.39 is 23.5 Å². The van der Waals surface area contributed by atoms with Crippen molar-refractivity contribution in [2.45, 2.75) is 11.1 Å². The Bertz CT molecular complexity index is 625. The summed E-state index contributed by atoms with van der Waals surface area (Å²) < 4.78 is 37.6. The molecule has 2 aromatic rings. The SMILES string of the molecule is O[C@@H](COCCOc1c(F)cc(Br)cc1F)CSc1ccccn1. The number of rotatable bonds is 9. The number of hydrogen-bond donors (Lipinski definition) is 1. The third kappa shape index (κ3) is 6.35. The lowest BCUT2D eigenvalue weighted by atomic mass is 10.3. The number of aromatic nitrogens is 1. The van der Waals surface area contributed by atoms with Gasteiger partial charge < -0.3 is 14.6 Å². The van der Waals surface area contributed by atoms with Crippen molar-refractivity contribution in [1.82, 2.24) is 4.98 Å². The fourth-order valence-corrected chi connectivity index (χ4v) is 2.92. The maximum Gasteiger partial charge on any atom is 0.190 e. The molecule has 0 saturated heterocycles. The van der Waals surface area contributed by atoms with E-state index in [9.17, 15) is 13.9 Å². The summed E-state index contributed by atoms with van der Waals surface area (Å²) in [4.78, 5) is 4.13. The van der Waals surface area contributed by atoms with Gasteiger partial charge in [0.15, 0.2) is 17.4 Å². The molecule has 4 nitrogen and oxygen atoms in total. The molecule has 0 radical (unpaired) electrons. The number of halogens is 3. The third-order valence-corrected chi connectivity index (χ3v) is 4.36. The van der Waals surface area contributed by atoms with Crippen molar-refractivity contribution in [3.8, 4) is 5.75 Å². The van der Waals surface area contributed by atoms with Crippen LogP contribution >= 0.6 is 27.7 Å². The zero-order chi connectivity index (χ0) is 17.4. The largest absolute Gasteiger partial charge is 0.485 e. The zero-order valence-electron chi connectivity index (χ0n) is 12.6. The van der Waals surface area contributed by atoms with Gasteiger partial charge in [0, 0.05) is 16.4 Å². The highest BCUT2D eigenvalue weighted by Gasteiger charge is 2.12. The Morgan fingerprint density at radius 2 is 1.96 bits per heavy atom. The Balaban J connectivity index is 1.63. The third-order valence-electron chi connectivity index (χ3n) is 2.81. The topological polar surface area (TPSA) is 51.6 Å². The number of aliphatic hydroxyl groups excluding tert-OH is 1. The minimum Gasteiger partial charge on any atom is -0.485 e. The van der Waals surface area contributed by atoms with Crippen molar-refractivity contribution >= 4 is 27.7 Å². The molecule has 1 aromatic carbocycles. The highest BCUT2D eigenvalue weighted by atomic mass is 79.9. The molecule has 0 fully saturated rings. The average Bonchev–Trinajstić information content (AvgIpc) is 2.55. The molecule has 0 saturated carbocycles. The lowest BCUT2D eigenvalue weighted by Crippen LogP contribution is -2.20. The van der Waals surface area contributed by atoms with Gasteiger partial charge in [-0.25, -0.2) is 13.8 Å². The van der Waals surface area contributed by atoms with Crippen LogP contribution in [0.3, 0.4) is 0 Å². The molecule has 2 rings (SSSR count). The van der Waals surface area contributed by atoms with Crippen LogP contribution in [0.4, 0.5) is 8.78 Å². The van der Waals surface area contributed by atoms with Crippen LogP contribution in [0.2, 0.25) is 0 Å². The molecule has 1 aromatic heterocycles.